The minimum absolute atomic E-state index is 0.218. The predicted octanol–water partition coefficient (Wildman–Crippen LogP) is 5.85. The minimum atomic E-state index is 0.218. The van der Waals surface area contributed by atoms with Crippen LogP contribution in [0.4, 0.5) is 0 Å². The summed E-state index contributed by atoms with van der Waals surface area (Å²) in [6.07, 6.45) is 4.02. The van der Waals surface area contributed by atoms with Crippen LogP contribution in [0.15, 0.2) is 49.8 Å². The molecule has 0 aromatic heterocycles. The zero-order valence-electron chi connectivity index (χ0n) is 9.20. The molecule has 4 heteroatoms. The highest BCUT2D eigenvalue weighted by Gasteiger charge is 2.03. The van der Waals surface area contributed by atoms with E-state index in [9.17, 15) is 5.11 Å². The summed E-state index contributed by atoms with van der Waals surface area (Å²) < 4.78 is 2.41. The molecule has 0 amide bonds. The Morgan fingerprint density at radius 1 is 0.778 bits per heavy atom. The van der Waals surface area contributed by atoms with Crippen LogP contribution in [0.3, 0.4) is 0 Å². The van der Waals surface area contributed by atoms with E-state index in [0.717, 1.165) is 15.6 Å². The number of benzene rings is 2. The highest BCUT2D eigenvalue weighted by Crippen LogP contribution is 2.33. The van der Waals surface area contributed by atoms with Crippen LogP contribution in [0.1, 0.15) is 11.1 Å². The Bertz CT molecular complexity index is 565. The molecular formula is C14H9Br3O. The topological polar surface area (TPSA) is 20.2 Å². The molecule has 0 bridgehead atoms. The third kappa shape index (κ3) is 3.46. The van der Waals surface area contributed by atoms with Gasteiger partial charge in [-0.2, -0.15) is 0 Å². The Labute approximate surface area is 131 Å². The molecule has 0 unspecified atom stereocenters. The van der Waals surface area contributed by atoms with E-state index in [1.54, 1.807) is 0 Å². The first-order valence-electron chi connectivity index (χ1n) is 5.18. The van der Waals surface area contributed by atoms with Crippen molar-refractivity contribution in [2.75, 3.05) is 0 Å². The molecular weight excluding hydrogens is 424 g/mol. The first kappa shape index (κ1) is 13.8. The lowest BCUT2D eigenvalue weighted by molar-refractivity contribution is 0.468. The first-order chi connectivity index (χ1) is 8.56. The maximum Gasteiger partial charge on any atom is 0.143 e. The zero-order chi connectivity index (χ0) is 13.1. The van der Waals surface area contributed by atoms with Gasteiger partial charge in [0.15, 0.2) is 0 Å². The molecule has 0 saturated carbocycles. The van der Waals surface area contributed by atoms with E-state index in [2.05, 4.69) is 47.8 Å². The van der Waals surface area contributed by atoms with E-state index < -0.39 is 0 Å². The zero-order valence-corrected chi connectivity index (χ0v) is 14.0. The Morgan fingerprint density at radius 3 is 1.83 bits per heavy atom. The van der Waals surface area contributed by atoms with Gasteiger partial charge in [0, 0.05) is 4.47 Å². The molecule has 2 aromatic rings. The smallest absolute Gasteiger partial charge is 0.143 e. The van der Waals surface area contributed by atoms with Crippen LogP contribution in [0.25, 0.3) is 12.2 Å². The normalized spacial score (nSPS) is 11.1. The van der Waals surface area contributed by atoms with Gasteiger partial charge in [-0.05, 0) is 67.3 Å². The molecule has 0 aliphatic heterocycles. The number of hydrogen-bond acceptors (Lipinski definition) is 1. The Morgan fingerprint density at radius 2 is 1.28 bits per heavy atom. The van der Waals surface area contributed by atoms with Gasteiger partial charge in [-0.3, -0.25) is 0 Å². The quantitative estimate of drug-likeness (QED) is 0.590. The summed E-state index contributed by atoms with van der Waals surface area (Å²) in [7, 11) is 0. The summed E-state index contributed by atoms with van der Waals surface area (Å²) >= 11 is 10.0. The molecule has 0 fully saturated rings. The molecule has 0 saturated heterocycles. The average Bonchev–Trinajstić information content (AvgIpc) is 2.35. The van der Waals surface area contributed by atoms with E-state index in [4.69, 9.17) is 0 Å². The van der Waals surface area contributed by atoms with Gasteiger partial charge in [0.1, 0.15) is 5.75 Å². The van der Waals surface area contributed by atoms with Gasteiger partial charge in [0.2, 0.25) is 0 Å². The molecule has 0 aliphatic carbocycles. The number of phenols is 1. The van der Waals surface area contributed by atoms with Gasteiger partial charge in [-0.25, -0.2) is 0 Å². The number of halogens is 3. The van der Waals surface area contributed by atoms with Gasteiger partial charge >= 0.3 is 0 Å². The van der Waals surface area contributed by atoms with Crippen LogP contribution in [-0.4, -0.2) is 5.11 Å². The van der Waals surface area contributed by atoms with Gasteiger partial charge in [0.25, 0.3) is 0 Å². The number of hydrogen-bond donors (Lipinski definition) is 1. The molecule has 0 atom stereocenters. The maximum atomic E-state index is 9.62. The van der Waals surface area contributed by atoms with E-state index in [-0.39, 0.29) is 5.75 Å². The monoisotopic (exact) mass is 430 g/mol. The lowest BCUT2D eigenvalue weighted by Crippen LogP contribution is -1.77. The summed E-state index contributed by atoms with van der Waals surface area (Å²) in [4.78, 5) is 0. The highest BCUT2D eigenvalue weighted by atomic mass is 79.9. The Hall–Kier alpha value is -0.580. The van der Waals surface area contributed by atoms with E-state index >= 15 is 0 Å². The maximum absolute atomic E-state index is 9.62. The minimum Gasteiger partial charge on any atom is -0.506 e. The molecule has 2 aromatic carbocycles. The lowest BCUT2D eigenvalue weighted by atomic mass is 10.1. The van der Waals surface area contributed by atoms with Gasteiger partial charge < -0.3 is 5.11 Å². The highest BCUT2D eigenvalue weighted by molar-refractivity contribution is 9.11. The fourth-order valence-corrected chi connectivity index (χ4v) is 2.93. The van der Waals surface area contributed by atoms with Crippen molar-refractivity contribution in [1.29, 1.82) is 0 Å². The van der Waals surface area contributed by atoms with Crippen molar-refractivity contribution in [2.24, 2.45) is 0 Å². The largest absolute Gasteiger partial charge is 0.506 e. The third-order valence-corrected chi connectivity index (χ3v) is 4.12. The fourth-order valence-electron chi connectivity index (χ4n) is 1.45. The molecule has 0 aliphatic rings. The second-order valence-corrected chi connectivity index (χ2v) is 6.34. The van der Waals surface area contributed by atoms with Gasteiger partial charge in [-0.15, -0.1) is 0 Å². The first-order valence-corrected chi connectivity index (χ1v) is 7.56. The van der Waals surface area contributed by atoms with Gasteiger partial charge in [0.05, 0.1) is 8.95 Å². The van der Waals surface area contributed by atoms with Crippen molar-refractivity contribution in [1.82, 2.24) is 0 Å². The number of rotatable bonds is 2. The van der Waals surface area contributed by atoms with Crippen LogP contribution in [0.2, 0.25) is 0 Å². The molecule has 1 nitrogen and oxygen atoms in total. The van der Waals surface area contributed by atoms with Crippen molar-refractivity contribution in [3.63, 3.8) is 0 Å². The molecule has 18 heavy (non-hydrogen) atoms. The summed E-state index contributed by atoms with van der Waals surface area (Å²) in [6, 6.07) is 11.8. The molecule has 2 rings (SSSR count). The van der Waals surface area contributed by atoms with Crippen LogP contribution < -0.4 is 0 Å². The average molecular weight is 433 g/mol. The van der Waals surface area contributed by atoms with Crippen LogP contribution in [0.5, 0.6) is 5.75 Å². The Balaban J connectivity index is 2.26. The summed E-state index contributed by atoms with van der Waals surface area (Å²) in [5.41, 5.74) is 2.13. The molecule has 1 N–H and O–H groups in total. The van der Waals surface area contributed by atoms with Crippen molar-refractivity contribution in [3.05, 3.63) is 60.9 Å². The van der Waals surface area contributed by atoms with Gasteiger partial charge in [-0.1, -0.05) is 40.2 Å². The molecule has 0 spiro atoms. The second kappa shape index (κ2) is 6.04. The van der Waals surface area contributed by atoms with Crippen LogP contribution in [0, 0.1) is 0 Å². The fraction of sp³-hybridized carbons (Fsp3) is 0. The number of aromatic hydroxyl groups is 1. The van der Waals surface area contributed by atoms with Crippen molar-refractivity contribution >= 4 is 59.9 Å². The van der Waals surface area contributed by atoms with Crippen molar-refractivity contribution < 1.29 is 5.11 Å². The molecule has 0 heterocycles. The molecule has 0 radical (unpaired) electrons. The third-order valence-electron chi connectivity index (χ3n) is 2.38. The second-order valence-electron chi connectivity index (χ2n) is 3.72. The standard InChI is InChI=1S/C14H9Br3O/c15-11-5-3-9(4-6-11)1-2-10-7-12(16)14(18)13(17)8-10/h1-8,18H/b2-1+. The summed E-state index contributed by atoms with van der Waals surface area (Å²) in [6.45, 7) is 0. The SMILES string of the molecule is Oc1c(Br)cc(/C=C/c2ccc(Br)cc2)cc1Br. The summed E-state index contributed by atoms with van der Waals surface area (Å²) in [5.74, 6) is 0.218. The molecule has 92 valence electrons. The van der Waals surface area contributed by atoms with E-state index in [1.807, 2.05) is 48.6 Å². The van der Waals surface area contributed by atoms with Crippen molar-refractivity contribution in [2.45, 2.75) is 0 Å². The number of phenolic OH excluding ortho intramolecular Hbond substituents is 1. The van der Waals surface area contributed by atoms with Crippen LogP contribution in [-0.2, 0) is 0 Å². The van der Waals surface area contributed by atoms with E-state index in [0.29, 0.717) is 8.95 Å². The summed E-state index contributed by atoms with van der Waals surface area (Å²) in [5, 5.41) is 9.62. The van der Waals surface area contributed by atoms with Crippen molar-refractivity contribution in [3.8, 4) is 5.75 Å². The van der Waals surface area contributed by atoms with Crippen LogP contribution >= 0.6 is 47.8 Å². The van der Waals surface area contributed by atoms with E-state index in [1.165, 1.54) is 0 Å². The Kier molecular flexibility index (Phi) is 4.65. The lowest BCUT2D eigenvalue weighted by Gasteiger charge is -2.02. The predicted molar refractivity (Wildman–Crippen MR) is 86.6 cm³/mol.